The van der Waals surface area contributed by atoms with E-state index in [2.05, 4.69) is 10.3 Å². The van der Waals surface area contributed by atoms with Crippen LogP contribution in [0.2, 0.25) is 0 Å². The van der Waals surface area contributed by atoms with Crippen molar-refractivity contribution in [3.05, 3.63) is 71.4 Å². The summed E-state index contributed by atoms with van der Waals surface area (Å²) in [7, 11) is 0. The summed E-state index contributed by atoms with van der Waals surface area (Å²) in [5, 5.41) is 2.79. The summed E-state index contributed by atoms with van der Waals surface area (Å²) >= 11 is 0. The van der Waals surface area contributed by atoms with Crippen LogP contribution in [0.25, 0.3) is 6.08 Å². The van der Waals surface area contributed by atoms with Gasteiger partial charge < -0.3 is 10.1 Å². The molecule has 1 heterocycles. The van der Waals surface area contributed by atoms with Gasteiger partial charge in [0.25, 0.3) is 5.91 Å². The predicted molar refractivity (Wildman–Crippen MR) is 86.7 cm³/mol. The first-order valence-electron chi connectivity index (χ1n) is 7.16. The number of amidine groups is 1. The number of rotatable bonds is 4. The fourth-order valence-electron chi connectivity index (χ4n) is 2.19. The second-order valence-electron chi connectivity index (χ2n) is 4.81. The summed E-state index contributed by atoms with van der Waals surface area (Å²) in [6, 6.07) is 17.2. The van der Waals surface area contributed by atoms with Gasteiger partial charge in [0.1, 0.15) is 17.3 Å². The largest absolute Gasteiger partial charge is 0.494 e. The van der Waals surface area contributed by atoms with Crippen molar-refractivity contribution in [1.82, 2.24) is 5.32 Å². The molecule has 0 bridgehead atoms. The molecule has 0 radical (unpaired) electrons. The fourth-order valence-corrected chi connectivity index (χ4v) is 2.19. The lowest BCUT2D eigenvalue weighted by molar-refractivity contribution is -0.115. The number of carbonyl (C=O) groups is 1. The van der Waals surface area contributed by atoms with Crippen molar-refractivity contribution < 1.29 is 9.53 Å². The first kappa shape index (κ1) is 14.1. The molecule has 0 unspecified atom stereocenters. The van der Waals surface area contributed by atoms with E-state index in [0.717, 1.165) is 16.9 Å². The molecule has 3 rings (SSSR count). The maximum absolute atomic E-state index is 12.0. The van der Waals surface area contributed by atoms with Gasteiger partial charge >= 0.3 is 0 Å². The lowest BCUT2D eigenvalue weighted by Gasteiger charge is -2.02. The van der Waals surface area contributed by atoms with Crippen molar-refractivity contribution in [3.63, 3.8) is 0 Å². The molecule has 4 nitrogen and oxygen atoms in total. The highest BCUT2D eigenvalue weighted by atomic mass is 16.5. The van der Waals surface area contributed by atoms with Crippen LogP contribution in [0, 0.1) is 0 Å². The maximum atomic E-state index is 12.0. The van der Waals surface area contributed by atoms with Gasteiger partial charge in [-0.2, -0.15) is 0 Å². The molecule has 0 saturated carbocycles. The molecule has 22 heavy (non-hydrogen) atoms. The SMILES string of the molecule is CCOc1ccc(/C=C2\N=C(c3ccccc3)NC2=O)cc1. The molecule has 1 amide bonds. The molecule has 4 heteroatoms. The maximum Gasteiger partial charge on any atom is 0.275 e. The average molecular weight is 292 g/mol. The van der Waals surface area contributed by atoms with E-state index in [9.17, 15) is 4.79 Å². The number of carbonyl (C=O) groups excluding carboxylic acids is 1. The van der Waals surface area contributed by atoms with E-state index >= 15 is 0 Å². The van der Waals surface area contributed by atoms with Crippen LogP contribution in [-0.2, 0) is 4.79 Å². The number of amides is 1. The monoisotopic (exact) mass is 292 g/mol. The molecule has 1 N–H and O–H groups in total. The minimum absolute atomic E-state index is 0.187. The second-order valence-corrected chi connectivity index (χ2v) is 4.81. The summed E-state index contributed by atoms with van der Waals surface area (Å²) in [4.78, 5) is 16.4. The highest BCUT2D eigenvalue weighted by Gasteiger charge is 2.20. The van der Waals surface area contributed by atoms with E-state index in [1.807, 2.05) is 61.5 Å². The van der Waals surface area contributed by atoms with E-state index in [1.165, 1.54) is 0 Å². The molecule has 1 aliphatic rings. The van der Waals surface area contributed by atoms with Gasteiger partial charge in [-0.3, -0.25) is 4.79 Å². The van der Waals surface area contributed by atoms with Crippen LogP contribution < -0.4 is 10.1 Å². The summed E-state index contributed by atoms with van der Waals surface area (Å²) in [6.45, 7) is 2.58. The molecule has 0 aliphatic carbocycles. The number of aliphatic imine (C=N–C) groups is 1. The van der Waals surface area contributed by atoms with Crippen molar-refractivity contribution >= 4 is 17.8 Å². The van der Waals surface area contributed by atoms with Crippen molar-refractivity contribution in [2.75, 3.05) is 6.61 Å². The zero-order valence-corrected chi connectivity index (χ0v) is 12.2. The Bertz CT molecular complexity index is 731. The molecular formula is C18H16N2O2. The van der Waals surface area contributed by atoms with Crippen LogP contribution in [-0.4, -0.2) is 18.3 Å². The first-order chi connectivity index (χ1) is 10.8. The quantitative estimate of drug-likeness (QED) is 0.881. The number of hydrogen-bond acceptors (Lipinski definition) is 3. The van der Waals surface area contributed by atoms with E-state index in [4.69, 9.17) is 4.74 Å². The average Bonchev–Trinajstić information content (AvgIpc) is 2.91. The Morgan fingerprint density at radius 2 is 1.82 bits per heavy atom. The molecule has 0 atom stereocenters. The molecule has 2 aromatic rings. The van der Waals surface area contributed by atoms with Gasteiger partial charge in [0.15, 0.2) is 0 Å². The first-order valence-corrected chi connectivity index (χ1v) is 7.16. The molecule has 1 aliphatic heterocycles. The second kappa shape index (κ2) is 6.26. The third-order valence-corrected chi connectivity index (χ3v) is 3.24. The van der Waals surface area contributed by atoms with Crippen LogP contribution >= 0.6 is 0 Å². The topological polar surface area (TPSA) is 50.7 Å². The van der Waals surface area contributed by atoms with Gasteiger partial charge in [-0.05, 0) is 30.7 Å². The van der Waals surface area contributed by atoms with Gasteiger partial charge in [-0.1, -0.05) is 42.5 Å². The minimum atomic E-state index is -0.187. The normalized spacial score (nSPS) is 15.6. The van der Waals surface area contributed by atoms with Crippen molar-refractivity contribution in [2.24, 2.45) is 4.99 Å². The minimum Gasteiger partial charge on any atom is -0.494 e. The molecular weight excluding hydrogens is 276 g/mol. The smallest absolute Gasteiger partial charge is 0.275 e. The summed E-state index contributed by atoms with van der Waals surface area (Å²) in [5.41, 5.74) is 2.21. The van der Waals surface area contributed by atoms with Gasteiger partial charge in [-0.25, -0.2) is 4.99 Å². The Labute approximate surface area is 129 Å². The van der Waals surface area contributed by atoms with Crippen molar-refractivity contribution in [1.29, 1.82) is 0 Å². The van der Waals surface area contributed by atoms with E-state index in [1.54, 1.807) is 6.08 Å². The van der Waals surface area contributed by atoms with E-state index in [-0.39, 0.29) is 5.91 Å². The third kappa shape index (κ3) is 3.06. The number of benzene rings is 2. The van der Waals surface area contributed by atoms with E-state index in [0.29, 0.717) is 18.1 Å². The zero-order valence-electron chi connectivity index (χ0n) is 12.2. The number of nitrogens with zero attached hydrogens (tertiary/aromatic N) is 1. The highest BCUT2D eigenvalue weighted by molar-refractivity contribution is 6.19. The Morgan fingerprint density at radius 3 is 2.50 bits per heavy atom. The van der Waals surface area contributed by atoms with Gasteiger partial charge in [0.2, 0.25) is 0 Å². The summed E-state index contributed by atoms with van der Waals surface area (Å²) in [6.07, 6.45) is 1.76. The van der Waals surface area contributed by atoms with Gasteiger partial charge in [0, 0.05) is 5.56 Å². The van der Waals surface area contributed by atoms with Crippen LogP contribution in [0.3, 0.4) is 0 Å². The van der Waals surface area contributed by atoms with Crippen LogP contribution in [0.5, 0.6) is 5.75 Å². The fraction of sp³-hybridized carbons (Fsp3) is 0.111. The van der Waals surface area contributed by atoms with Crippen LogP contribution in [0.15, 0.2) is 65.3 Å². The number of hydrogen-bond donors (Lipinski definition) is 1. The lowest BCUT2D eigenvalue weighted by atomic mass is 10.2. The number of nitrogens with one attached hydrogen (secondary N) is 1. The molecule has 0 fully saturated rings. The third-order valence-electron chi connectivity index (χ3n) is 3.24. The highest BCUT2D eigenvalue weighted by Crippen LogP contribution is 2.17. The predicted octanol–water partition coefficient (Wildman–Crippen LogP) is 3.00. The van der Waals surface area contributed by atoms with Crippen LogP contribution in [0.4, 0.5) is 0 Å². The zero-order chi connectivity index (χ0) is 15.4. The molecule has 0 aromatic heterocycles. The Kier molecular flexibility index (Phi) is 4.01. The van der Waals surface area contributed by atoms with Gasteiger partial charge in [0.05, 0.1) is 6.61 Å². The van der Waals surface area contributed by atoms with Gasteiger partial charge in [-0.15, -0.1) is 0 Å². The Hall–Kier alpha value is -2.88. The molecule has 0 spiro atoms. The molecule has 2 aromatic carbocycles. The van der Waals surface area contributed by atoms with Crippen molar-refractivity contribution in [2.45, 2.75) is 6.92 Å². The Balaban J connectivity index is 1.84. The van der Waals surface area contributed by atoms with Crippen LogP contribution in [0.1, 0.15) is 18.1 Å². The number of ether oxygens (including phenoxy) is 1. The standard InChI is InChI=1S/C18H16N2O2/c1-2-22-15-10-8-13(9-11-15)12-16-18(21)20-17(19-16)14-6-4-3-5-7-14/h3-12H,2H2,1H3,(H,19,20,21)/b16-12-. The van der Waals surface area contributed by atoms with Crippen molar-refractivity contribution in [3.8, 4) is 5.75 Å². The summed E-state index contributed by atoms with van der Waals surface area (Å²) in [5.74, 6) is 1.21. The van der Waals surface area contributed by atoms with E-state index < -0.39 is 0 Å². The Morgan fingerprint density at radius 1 is 1.09 bits per heavy atom. The summed E-state index contributed by atoms with van der Waals surface area (Å²) < 4.78 is 5.40. The lowest BCUT2D eigenvalue weighted by Crippen LogP contribution is -2.24. The molecule has 110 valence electrons. The molecule has 0 saturated heterocycles.